The molecule has 6 nitrogen and oxygen atoms in total. The van der Waals surface area contributed by atoms with Crippen molar-refractivity contribution in [3.05, 3.63) is 278 Å². The van der Waals surface area contributed by atoms with Gasteiger partial charge in [-0.15, -0.1) is 22.7 Å². The van der Waals surface area contributed by atoms with Crippen LogP contribution in [0.1, 0.15) is 20.6 Å². The van der Waals surface area contributed by atoms with Crippen LogP contribution in [0.4, 0.5) is 5.69 Å². The van der Waals surface area contributed by atoms with E-state index in [1.165, 1.54) is 22.7 Å². The summed E-state index contributed by atoms with van der Waals surface area (Å²) in [6.07, 6.45) is 0. The van der Waals surface area contributed by atoms with Crippen LogP contribution in [-0.4, -0.2) is 24.1 Å². The predicted octanol–water partition coefficient (Wildman–Crippen LogP) is 21.4. The number of nitrogens with zero attached hydrogens (tertiary/aromatic N) is 6. The summed E-state index contributed by atoms with van der Waals surface area (Å²) in [4.78, 5) is 20.2. The number of hydrogen-bond acceptors (Lipinski definition) is 5. The normalized spacial score (nSPS) is 14.3. The second kappa shape index (κ2) is 19.2. The SMILES string of the molecule is [2H]c1c([2H])c([2H])c(-c2ccc3c(c2)c2c4sc5ccccc5c4ccc2n3-c2c(-c3nc(-c4ccccc4)nc(-c4ccccc4)n3)cc([N+]#[C-])c(-c3c([2H])c([2H])c([2H])c([2H])c3[2H])c2-n2c3ccc(-c4c([2H])c([2H])c([2H])c([2H])c4[2H])cc3c3c4sc5ccccc5c4ccc32)c([2H])c1[2H]. The van der Waals surface area contributed by atoms with Gasteiger partial charge in [-0.25, -0.2) is 19.8 Å². The lowest BCUT2D eigenvalue weighted by Crippen LogP contribution is -2.10. The van der Waals surface area contributed by atoms with Gasteiger partial charge in [0.25, 0.3) is 0 Å². The highest BCUT2D eigenvalue weighted by atomic mass is 32.1. The van der Waals surface area contributed by atoms with Crippen molar-refractivity contribution < 1.29 is 20.6 Å². The summed E-state index contributed by atoms with van der Waals surface area (Å²) >= 11 is 3.05. The van der Waals surface area contributed by atoms with Crippen molar-refractivity contribution in [2.45, 2.75) is 0 Å². The van der Waals surface area contributed by atoms with E-state index < -0.39 is 90.6 Å². The summed E-state index contributed by atoms with van der Waals surface area (Å²) in [6, 6.07) is 46.6. The molecule has 0 aliphatic heterocycles. The molecule has 0 unspecified atom stereocenters. The summed E-state index contributed by atoms with van der Waals surface area (Å²) in [5.74, 6) is 0.571. The standard InChI is InChI=1S/C76H44N6S2/c1-77-60-45-59(76-79-74(49-27-13-5-14-28-49)78-75(80-76)50-29-15-6-16-30-50)70(81-61-39-35-51(46-21-7-2-8-22-46)43-57(61)68-63(81)41-37-55-53-31-17-19-33-65(53)83-72(55)68)71(67(60)48-25-11-4-12-26-48)82-62-40-36-52(47-23-9-3-10-24-47)44-58(62)69-64(82)42-38-56-54-32-18-20-34-66(54)84-73(56)69/h2-45H/i2D,3D,4D,7D,8D,9D,10D,11D,12D,21D,22D,23D,24D,25D,26D. The minimum Gasteiger partial charge on any atom is -0.308 e. The maximum atomic E-state index is 10.0. The Morgan fingerprint density at radius 3 is 1.27 bits per heavy atom. The molecule has 84 heavy (non-hydrogen) atoms. The number of hydrogen-bond donors (Lipinski definition) is 0. The number of aromatic nitrogens is 5. The van der Waals surface area contributed by atoms with Crippen molar-refractivity contribution in [3.63, 3.8) is 0 Å². The van der Waals surface area contributed by atoms with E-state index in [4.69, 9.17) is 24.5 Å². The van der Waals surface area contributed by atoms with Crippen molar-refractivity contribution in [2.24, 2.45) is 0 Å². The smallest absolute Gasteiger partial charge is 0.197 e. The molecule has 0 aliphatic carbocycles. The molecule has 0 saturated carbocycles. The molecule has 390 valence electrons. The molecule has 0 amide bonds. The molecule has 5 aromatic heterocycles. The number of thiophene rings is 2. The second-order valence-corrected chi connectivity index (χ2v) is 22.3. The predicted molar refractivity (Wildman–Crippen MR) is 353 cm³/mol. The Bertz CT molecular complexity index is 6370. The van der Waals surface area contributed by atoms with E-state index in [0.717, 1.165) is 40.3 Å². The zero-order chi connectivity index (χ0) is 68.5. The average molecular weight is 1120 g/mol. The molecule has 17 aromatic rings. The molecule has 8 heteroatoms. The van der Waals surface area contributed by atoms with E-state index in [1.54, 1.807) is 30.3 Å². The van der Waals surface area contributed by atoms with Gasteiger partial charge in [0.2, 0.25) is 0 Å². The van der Waals surface area contributed by atoms with Crippen LogP contribution in [0.2, 0.25) is 0 Å². The van der Waals surface area contributed by atoms with E-state index in [9.17, 15) is 17.5 Å². The highest BCUT2D eigenvalue weighted by Crippen LogP contribution is 2.53. The minimum absolute atomic E-state index is 0.0357. The van der Waals surface area contributed by atoms with E-state index in [2.05, 4.69) is 4.85 Å². The summed E-state index contributed by atoms with van der Waals surface area (Å²) < 4.78 is 145. The highest BCUT2D eigenvalue weighted by molar-refractivity contribution is 7.27. The molecule has 0 bridgehead atoms. The van der Waals surface area contributed by atoms with E-state index >= 15 is 0 Å². The zero-order valence-electron chi connectivity index (χ0n) is 58.7. The average Bonchev–Trinajstić information content (AvgIpc) is 1.56. The first-order valence-electron chi connectivity index (χ1n) is 34.3. The molecule has 17 rings (SSSR count). The largest absolute Gasteiger partial charge is 0.308 e. The molecular formula is C76H44N6S2. The van der Waals surface area contributed by atoms with Gasteiger partial charge >= 0.3 is 0 Å². The van der Waals surface area contributed by atoms with Crippen molar-refractivity contribution >= 4 is 112 Å². The quantitative estimate of drug-likeness (QED) is 0.143. The lowest BCUT2D eigenvalue weighted by Gasteiger charge is -2.25. The first-order valence-corrected chi connectivity index (χ1v) is 28.4. The number of benzene rings is 12. The van der Waals surface area contributed by atoms with Crippen LogP contribution in [0.25, 0.3) is 168 Å². The van der Waals surface area contributed by atoms with Gasteiger partial charge < -0.3 is 9.13 Å². The van der Waals surface area contributed by atoms with Crippen molar-refractivity contribution in [1.29, 1.82) is 0 Å². The summed E-state index contributed by atoms with van der Waals surface area (Å²) in [7, 11) is 0. The Labute approximate surface area is 511 Å². The molecule has 0 spiro atoms. The van der Waals surface area contributed by atoms with Crippen molar-refractivity contribution in [3.8, 4) is 78.9 Å². The zero-order valence-corrected chi connectivity index (χ0v) is 45.4. The number of rotatable bonds is 8. The molecule has 12 aromatic carbocycles. The summed E-state index contributed by atoms with van der Waals surface area (Å²) in [6.45, 7) is 9.46. The summed E-state index contributed by atoms with van der Waals surface area (Å²) in [5.41, 5.74) is 3.68. The van der Waals surface area contributed by atoms with Gasteiger partial charge in [0.15, 0.2) is 23.2 Å². The molecule has 0 aliphatic rings. The van der Waals surface area contributed by atoms with Crippen LogP contribution in [0.5, 0.6) is 0 Å². The monoisotopic (exact) mass is 1120 g/mol. The van der Waals surface area contributed by atoms with Gasteiger partial charge in [-0.05, 0) is 82.4 Å². The third-order valence-electron chi connectivity index (χ3n) is 15.6. The topological polar surface area (TPSA) is 52.9 Å². The lowest BCUT2D eigenvalue weighted by atomic mass is 9.95. The third-order valence-corrected chi connectivity index (χ3v) is 18.0. The first-order chi connectivity index (χ1) is 47.8. The van der Waals surface area contributed by atoms with Gasteiger partial charge in [0.05, 0.1) is 60.6 Å². The minimum atomic E-state index is -0.669. The summed E-state index contributed by atoms with van der Waals surface area (Å²) in [5, 5.41) is 6.06. The van der Waals surface area contributed by atoms with Crippen LogP contribution in [0, 0.1) is 6.57 Å². The Morgan fingerprint density at radius 2 is 0.786 bits per heavy atom. The van der Waals surface area contributed by atoms with Crippen LogP contribution in [0.3, 0.4) is 0 Å². The lowest BCUT2D eigenvalue weighted by molar-refractivity contribution is 1.05. The number of fused-ring (bicyclic) bond motifs is 14. The first kappa shape index (κ1) is 35.1. The second-order valence-electron chi connectivity index (χ2n) is 20.2. The molecule has 0 saturated heterocycles. The highest BCUT2D eigenvalue weighted by Gasteiger charge is 2.31. The fraction of sp³-hybridized carbons (Fsp3) is 0. The molecule has 0 fully saturated rings. The molecule has 5 heterocycles. The Hall–Kier alpha value is -10.8. The fourth-order valence-electron chi connectivity index (χ4n) is 12.1. The van der Waals surface area contributed by atoms with Gasteiger partial charge in [-0.1, -0.05) is 212 Å². The van der Waals surface area contributed by atoms with Gasteiger partial charge in [0.1, 0.15) is 0 Å². The van der Waals surface area contributed by atoms with Crippen molar-refractivity contribution in [1.82, 2.24) is 24.1 Å². The van der Waals surface area contributed by atoms with E-state index in [-0.39, 0.29) is 67.9 Å². The van der Waals surface area contributed by atoms with E-state index in [1.807, 2.05) is 155 Å². The van der Waals surface area contributed by atoms with E-state index in [0.29, 0.717) is 60.3 Å². The maximum Gasteiger partial charge on any atom is 0.197 e. The van der Waals surface area contributed by atoms with Crippen LogP contribution >= 0.6 is 22.7 Å². The molecule has 0 N–H and O–H groups in total. The van der Waals surface area contributed by atoms with Gasteiger partial charge in [-0.3, -0.25) is 0 Å². The maximum absolute atomic E-state index is 10.0. The van der Waals surface area contributed by atoms with Gasteiger partial charge in [-0.2, -0.15) is 0 Å². The molecular weight excluding hydrogens is 1060 g/mol. The van der Waals surface area contributed by atoms with Crippen molar-refractivity contribution in [2.75, 3.05) is 0 Å². The molecule has 0 radical (unpaired) electrons. The third kappa shape index (κ3) is 7.43. The van der Waals surface area contributed by atoms with Gasteiger partial charge in [0, 0.05) is 84.1 Å². The Balaban J connectivity index is 1.15. The van der Waals surface area contributed by atoms with Crippen LogP contribution in [0.15, 0.2) is 267 Å². The molecule has 0 atom stereocenters. The Morgan fingerprint density at radius 1 is 0.357 bits per heavy atom. The van der Waals surface area contributed by atoms with Crippen LogP contribution < -0.4 is 0 Å². The van der Waals surface area contributed by atoms with Crippen LogP contribution in [-0.2, 0) is 0 Å². The Kier molecular flexibility index (Phi) is 8.01. The fourth-order valence-corrected chi connectivity index (χ4v) is 14.6.